The summed E-state index contributed by atoms with van der Waals surface area (Å²) in [5.41, 5.74) is 3.27. The molecular formula is C13H16N4. The van der Waals surface area contributed by atoms with Crippen molar-refractivity contribution in [2.24, 2.45) is 0 Å². The summed E-state index contributed by atoms with van der Waals surface area (Å²) < 4.78 is 0. The highest BCUT2D eigenvalue weighted by atomic mass is 15.2. The van der Waals surface area contributed by atoms with Crippen LogP contribution >= 0.6 is 0 Å². The van der Waals surface area contributed by atoms with Gasteiger partial charge in [-0.15, -0.1) is 0 Å². The fraction of sp³-hybridized carbons (Fsp3) is 0.385. The number of nitrogens with one attached hydrogen (secondary N) is 1. The molecule has 3 rings (SSSR count). The number of rotatable bonds is 2. The Bertz CT molecular complexity index is 506. The molecule has 1 aromatic carbocycles. The number of hydrogen-bond acceptors (Lipinski definition) is 4. The highest BCUT2D eigenvalue weighted by Crippen LogP contribution is 2.13. The van der Waals surface area contributed by atoms with Crippen LogP contribution in [0.25, 0.3) is 11.0 Å². The lowest BCUT2D eigenvalue weighted by atomic mass is 10.1. The molecular weight excluding hydrogens is 212 g/mol. The molecule has 2 aromatic rings. The van der Waals surface area contributed by atoms with Gasteiger partial charge in [0, 0.05) is 45.1 Å². The van der Waals surface area contributed by atoms with Gasteiger partial charge >= 0.3 is 0 Å². The molecule has 1 fully saturated rings. The van der Waals surface area contributed by atoms with E-state index in [2.05, 4.69) is 38.4 Å². The summed E-state index contributed by atoms with van der Waals surface area (Å²) in [6.45, 7) is 5.44. The highest BCUT2D eigenvalue weighted by molar-refractivity contribution is 5.74. The van der Waals surface area contributed by atoms with Gasteiger partial charge in [-0.3, -0.25) is 14.9 Å². The van der Waals surface area contributed by atoms with Crippen molar-refractivity contribution in [1.82, 2.24) is 20.2 Å². The Kier molecular flexibility index (Phi) is 2.98. The van der Waals surface area contributed by atoms with Crippen molar-refractivity contribution in [2.45, 2.75) is 6.54 Å². The first-order valence-electron chi connectivity index (χ1n) is 6.04. The van der Waals surface area contributed by atoms with Crippen LogP contribution in [-0.2, 0) is 6.54 Å². The average Bonchev–Trinajstić information content (AvgIpc) is 2.40. The minimum Gasteiger partial charge on any atom is -0.314 e. The standard InChI is InChI=1S/C13H16N4/c1-2-12-13(16-4-3-15-12)9-11(1)10-17-7-5-14-6-8-17/h1-4,9,14H,5-8,10H2. The Morgan fingerprint density at radius 2 is 1.82 bits per heavy atom. The van der Waals surface area contributed by atoms with Gasteiger partial charge in [-0.25, -0.2) is 0 Å². The summed E-state index contributed by atoms with van der Waals surface area (Å²) in [6.07, 6.45) is 3.48. The monoisotopic (exact) mass is 228 g/mol. The minimum absolute atomic E-state index is 0.969. The Morgan fingerprint density at radius 1 is 1.06 bits per heavy atom. The molecule has 0 bridgehead atoms. The summed E-state index contributed by atoms with van der Waals surface area (Å²) in [4.78, 5) is 11.1. The van der Waals surface area contributed by atoms with E-state index in [1.54, 1.807) is 12.4 Å². The van der Waals surface area contributed by atoms with Gasteiger partial charge in [0.05, 0.1) is 11.0 Å². The molecule has 0 spiro atoms. The number of fused-ring (bicyclic) bond motifs is 1. The second kappa shape index (κ2) is 4.77. The van der Waals surface area contributed by atoms with E-state index in [0.717, 1.165) is 43.8 Å². The number of nitrogens with zero attached hydrogens (tertiary/aromatic N) is 3. The Hall–Kier alpha value is -1.52. The van der Waals surface area contributed by atoms with Crippen molar-refractivity contribution >= 4 is 11.0 Å². The Morgan fingerprint density at radius 3 is 2.65 bits per heavy atom. The third-order valence-electron chi connectivity index (χ3n) is 3.15. The van der Waals surface area contributed by atoms with E-state index >= 15 is 0 Å². The summed E-state index contributed by atoms with van der Waals surface area (Å²) in [6, 6.07) is 6.35. The van der Waals surface area contributed by atoms with Gasteiger partial charge in [0.15, 0.2) is 0 Å². The maximum Gasteiger partial charge on any atom is 0.0890 e. The average molecular weight is 228 g/mol. The maximum absolute atomic E-state index is 4.34. The molecule has 1 aliphatic heterocycles. The largest absolute Gasteiger partial charge is 0.314 e. The van der Waals surface area contributed by atoms with Crippen molar-refractivity contribution in [3.8, 4) is 0 Å². The second-order valence-electron chi connectivity index (χ2n) is 4.41. The second-order valence-corrected chi connectivity index (χ2v) is 4.41. The Balaban J connectivity index is 1.80. The van der Waals surface area contributed by atoms with Crippen molar-refractivity contribution in [3.05, 3.63) is 36.2 Å². The first kappa shape index (κ1) is 10.6. The lowest BCUT2D eigenvalue weighted by molar-refractivity contribution is 0.233. The predicted octanol–water partition coefficient (Wildman–Crippen LogP) is 1.03. The van der Waals surface area contributed by atoms with Gasteiger partial charge in [0.25, 0.3) is 0 Å². The quantitative estimate of drug-likeness (QED) is 0.833. The summed E-state index contributed by atoms with van der Waals surface area (Å²) in [5.74, 6) is 0. The molecule has 88 valence electrons. The van der Waals surface area contributed by atoms with Crippen LogP contribution in [0.2, 0.25) is 0 Å². The van der Waals surface area contributed by atoms with Crippen LogP contribution < -0.4 is 5.32 Å². The molecule has 0 saturated carbocycles. The zero-order chi connectivity index (χ0) is 11.5. The van der Waals surface area contributed by atoms with Crippen LogP contribution in [0.15, 0.2) is 30.6 Å². The van der Waals surface area contributed by atoms with Crippen molar-refractivity contribution < 1.29 is 0 Å². The van der Waals surface area contributed by atoms with Crippen LogP contribution in [0.3, 0.4) is 0 Å². The van der Waals surface area contributed by atoms with Crippen LogP contribution in [0.5, 0.6) is 0 Å². The normalized spacial score (nSPS) is 17.4. The van der Waals surface area contributed by atoms with Crippen LogP contribution in [-0.4, -0.2) is 41.0 Å². The molecule has 0 aliphatic carbocycles. The van der Waals surface area contributed by atoms with Gasteiger partial charge < -0.3 is 5.32 Å². The molecule has 0 unspecified atom stereocenters. The topological polar surface area (TPSA) is 41.1 Å². The van der Waals surface area contributed by atoms with E-state index in [-0.39, 0.29) is 0 Å². The van der Waals surface area contributed by atoms with E-state index in [0.29, 0.717) is 0 Å². The maximum atomic E-state index is 4.34. The van der Waals surface area contributed by atoms with Crippen molar-refractivity contribution in [3.63, 3.8) is 0 Å². The molecule has 0 amide bonds. The molecule has 1 saturated heterocycles. The van der Waals surface area contributed by atoms with Crippen molar-refractivity contribution in [1.29, 1.82) is 0 Å². The molecule has 1 aliphatic rings. The molecule has 1 aromatic heterocycles. The molecule has 1 N–H and O–H groups in total. The van der Waals surface area contributed by atoms with Gasteiger partial charge in [-0.05, 0) is 17.7 Å². The molecule has 2 heterocycles. The smallest absolute Gasteiger partial charge is 0.0890 e. The number of hydrogen-bond donors (Lipinski definition) is 1. The molecule has 4 nitrogen and oxygen atoms in total. The lowest BCUT2D eigenvalue weighted by Crippen LogP contribution is -2.42. The van der Waals surface area contributed by atoms with Gasteiger partial charge in [0.2, 0.25) is 0 Å². The fourth-order valence-electron chi connectivity index (χ4n) is 2.23. The Labute approximate surface area is 101 Å². The summed E-state index contributed by atoms with van der Waals surface area (Å²) in [7, 11) is 0. The van der Waals surface area contributed by atoms with E-state index < -0.39 is 0 Å². The van der Waals surface area contributed by atoms with Crippen LogP contribution in [0, 0.1) is 0 Å². The SMILES string of the molecule is c1cnc2cc(CN3CCNCC3)ccc2n1. The first-order chi connectivity index (χ1) is 8.42. The third kappa shape index (κ3) is 2.43. The van der Waals surface area contributed by atoms with Gasteiger partial charge in [-0.2, -0.15) is 0 Å². The number of benzene rings is 1. The fourth-order valence-corrected chi connectivity index (χ4v) is 2.23. The minimum atomic E-state index is 0.969. The van der Waals surface area contributed by atoms with E-state index in [9.17, 15) is 0 Å². The predicted molar refractivity (Wildman–Crippen MR) is 67.7 cm³/mol. The van der Waals surface area contributed by atoms with Crippen LogP contribution in [0.1, 0.15) is 5.56 Å². The van der Waals surface area contributed by atoms with E-state index in [4.69, 9.17) is 0 Å². The zero-order valence-corrected chi connectivity index (χ0v) is 9.76. The number of piperazine rings is 1. The summed E-state index contributed by atoms with van der Waals surface area (Å²) in [5, 5.41) is 3.37. The van der Waals surface area contributed by atoms with Gasteiger partial charge in [0.1, 0.15) is 0 Å². The molecule has 17 heavy (non-hydrogen) atoms. The first-order valence-corrected chi connectivity index (χ1v) is 6.04. The summed E-state index contributed by atoms with van der Waals surface area (Å²) >= 11 is 0. The van der Waals surface area contributed by atoms with Gasteiger partial charge in [-0.1, -0.05) is 6.07 Å². The van der Waals surface area contributed by atoms with E-state index in [1.165, 1.54) is 5.56 Å². The van der Waals surface area contributed by atoms with E-state index in [1.807, 2.05) is 0 Å². The zero-order valence-electron chi connectivity index (χ0n) is 9.76. The highest BCUT2D eigenvalue weighted by Gasteiger charge is 2.10. The third-order valence-corrected chi connectivity index (χ3v) is 3.15. The number of aromatic nitrogens is 2. The van der Waals surface area contributed by atoms with Crippen molar-refractivity contribution in [2.75, 3.05) is 26.2 Å². The molecule has 0 atom stereocenters. The molecule has 4 heteroatoms. The molecule has 0 radical (unpaired) electrons. The lowest BCUT2D eigenvalue weighted by Gasteiger charge is -2.27. The van der Waals surface area contributed by atoms with Crippen LogP contribution in [0.4, 0.5) is 0 Å².